The molecule has 0 aromatic carbocycles. The van der Waals surface area contributed by atoms with Gasteiger partial charge in [0.25, 0.3) is 0 Å². The minimum atomic E-state index is -0.557. The van der Waals surface area contributed by atoms with Gasteiger partial charge in [0.1, 0.15) is 0 Å². The number of carbonyl (C=O) groups is 1. The number of nitrogens with zero attached hydrogens (tertiary/aromatic N) is 2. The van der Waals surface area contributed by atoms with E-state index >= 15 is 0 Å². The molecule has 0 radical (unpaired) electrons. The van der Waals surface area contributed by atoms with Crippen LogP contribution >= 0.6 is 0 Å². The van der Waals surface area contributed by atoms with Crippen molar-refractivity contribution in [2.45, 2.75) is 56.6 Å². The quantitative estimate of drug-likeness (QED) is 0.798. The molecule has 0 aromatic heterocycles. The number of piperidine rings is 3. The fourth-order valence-electron chi connectivity index (χ4n) is 4.57. The van der Waals surface area contributed by atoms with Crippen molar-refractivity contribution in [2.24, 2.45) is 11.7 Å². The number of carbonyl (C=O) groups excluding carboxylic acids is 1. The molecule has 3 rings (SSSR count). The largest absolute Gasteiger partial charge is 0.387 e. The number of fused-ring (bicyclic) bond motifs is 1. The number of aliphatic hydroxyl groups is 1. The molecule has 3 heterocycles. The van der Waals surface area contributed by atoms with Crippen molar-refractivity contribution in [2.75, 3.05) is 32.7 Å². The highest BCUT2D eigenvalue weighted by molar-refractivity contribution is 5.76. The van der Waals surface area contributed by atoms with Crippen LogP contribution in [-0.4, -0.2) is 65.2 Å². The molecule has 3 aliphatic heterocycles. The molecule has 3 saturated heterocycles. The topological polar surface area (TPSA) is 69.8 Å². The number of nitrogens with two attached hydrogens (primary N) is 1. The standard InChI is InChI=1S/C16H29N3O2/c17-15(20)13-5-10-18(11-6-13)12-16(21)7-3-9-19-8-2-1-4-14(16)19/h13-14,21H,1-12H2,(H2,17,20)/t14-,16-/m1/s1. The summed E-state index contributed by atoms with van der Waals surface area (Å²) in [5.41, 5.74) is 4.84. The molecular formula is C16H29N3O2. The minimum absolute atomic E-state index is 0.0356. The molecule has 0 aromatic rings. The van der Waals surface area contributed by atoms with Crippen LogP contribution < -0.4 is 5.73 Å². The lowest BCUT2D eigenvalue weighted by atomic mass is 9.79. The molecule has 3 aliphatic rings. The third-order valence-corrected chi connectivity index (χ3v) is 5.78. The first-order valence-electron chi connectivity index (χ1n) is 8.56. The lowest BCUT2D eigenvalue weighted by molar-refractivity contribution is -0.125. The average Bonchev–Trinajstić information content (AvgIpc) is 2.48. The first-order valence-corrected chi connectivity index (χ1v) is 8.56. The van der Waals surface area contributed by atoms with Crippen LogP contribution in [0.5, 0.6) is 0 Å². The van der Waals surface area contributed by atoms with Crippen LogP contribution in [0.25, 0.3) is 0 Å². The molecule has 0 saturated carbocycles. The summed E-state index contributed by atoms with van der Waals surface area (Å²) in [6.07, 6.45) is 7.37. The highest BCUT2D eigenvalue weighted by Crippen LogP contribution is 2.35. The molecular weight excluding hydrogens is 266 g/mol. The average molecular weight is 295 g/mol. The predicted molar refractivity (Wildman–Crippen MR) is 81.8 cm³/mol. The van der Waals surface area contributed by atoms with Gasteiger partial charge in [-0.1, -0.05) is 6.42 Å². The fraction of sp³-hybridized carbons (Fsp3) is 0.938. The van der Waals surface area contributed by atoms with Crippen LogP contribution in [0.3, 0.4) is 0 Å². The third kappa shape index (κ3) is 3.25. The lowest BCUT2D eigenvalue weighted by Crippen LogP contribution is -2.63. The van der Waals surface area contributed by atoms with Gasteiger partial charge in [0.05, 0.1) is 5.60 Å². The van der Waals surface area contributed by atoms with Gasteiger partial charge in [-0.25, -0.2) is 0 Å². The smallest absolute Gasteiger partial charge is 0.220 e. The van der Waals surface area contributed by atoms with Gasteiger partial charge in [0.15, 0.2) is 0 Å². The zero-order chi connectivity index (χ0) is 14.9. The molecule has 3 fully saturated rings. The number of primary amides is 1. The summed E-state index contributed by atoms with van der Waals surface area (Å²) in [5, 5.41) is 11.2. The Morgan fingerprint density at radius 3 is 2.52 bits per heavy atom. The minimum Gasteiger partial charge on any atom is -0.387 e. The van der Waals surface area contributed by atoms with E-state index in [0.29, 0.717) is 6.04 Å². The first kappa shape index (κ1) is 15.3. The molecule has 21 heavy (non-hydrogen) atoms. The van der Waals surface area contributed by atoms with Gasteiger partial charge in [-0.2, -0.15) is 0 Å². The second-order valence-electron chi connectivity index (χ2n) is 7.21. The summed E-state index contributed by atoms with van der Waals surface area (Å²) in [6.45, 7) is 4.85. The number of rotatable bonds is 3. The van der Waals surface area contributed by atoms with Crippen LogP contribution in [0.15, 0.2) is 0 Å². The number of likely N-dealkylation sites (tertiary alicyclic amines) is 1. The fourth-order valence-corrected chi connectivity index (χ4v) is 4.57. The van der Waals surface area contributed by atoms with E-state index in [1.807, 2.05) is 0 Å². The molecule has 5 heteroatoms. The Bertz CT molecular complexity index is 380. The molecule has 0 aliphatic carbocycles. The highest BCUT2D eigenvalue weighted by Gasteiger charge is 2.45. The van der Waals surface area contributed by atoms with E-state index in [2.05, 4.69) is 9.80 Å². The van der Waals surface area contributed by atoms with Crippen molar-refractivity contribution >= 4 is 5.91 Å². The van der Waals surface area contributed by atoms with Crippen molar-refractivity contribution in [3.63, 3.8) is 0 Å². The maximum atomic E-state index is 11.2. The maximum Gasteiger partial charge on any atom is 0.220 e. The van der Waals surface area contributed by atoms with Crippen LogP contribution in [-0.2, 0) is 4.79 Å². The molecule has 2 atom stereocenters. The summed E-state index contributed by atoms with van der Waals surface area (Å²) < 4.78 is 0. The first-order chi connectivity index (χ1) is 10.1. The van der Waals surface area contributed by atoms with Gasteiger partial charge >= 0.3 is 0 Å². The van der Waals surface area contributed by atoms with Gasteiger partial charge in [-0.15, -0.1) is 0 Å². The summed E-state index contributed by atoms with van der Waals surface area (Å²) >= 11 is 0. The van der Waals surface area contributed by atoms with E-state index < -0.39 is 5.60 Å². The monoisotopic (exact) mass is 295 g/mol. The molecule has 120 valence electrons. The Kier molecular flexibility index (Phi) is 4.52. The van der Waals surface area contributed by atoms with Gasteiger partial charge in [0, 0.05) is 18.5 Å². The molecule has 0 unspecified atom stereocenters. The zero-order valence-electron chi connectivity index (χ0n) is 13.0. The van der Waals surface area contributed by atoms with Crippen molar-refractivity contribution in [3.8, 4) is 0 Å². The van der Waals surface area contributed by atoms with Gasteiger partial charge < -0.3 is 15.7 Å². The molecule has 3 N–H and O–H groups in total. The molecule has 0 bridgehead atoms. The summed E-state index contributed by atoms with van der Waals surface area (Å²) in [6, 6.07) is 0.342. The van der Waals surface area contributed by atoms with E-state index in [1.54, 1.807) is 0 Å². The van der Waals surface area contributed by atoms with E-state index in [-0.39, 0.29) is 11.8 Å². The lowest BCUT2D eigenvalue weighted by Gasteiger charge is -2.51. The molecule has 0 spiro atoms. The van der Waals surface area contributed by atoms with Crippen molar-refractivity contribution in [3.05, 3.63) is 0 Å². The number of amides is 1. The Labute approximate surface area is 127 Å². The molecule has 5 nitrogen and oxygen atoms in total. The van der Waals surface area contributed by atoms with Crippen LogP contribution in [0.1, 0.15) is 44.9 Å². The molecule has 1 amide bonds. The summed E-state index contributed by atoms with van der Waals surface area (Å²) in [7, 11) is 0. The zero-order valence-corrected chi connectivity index (χ0v) is 13.0. The van der Waals surface area contributed by atoms with E-state index in [9.17, 15) is 9.90 Å². The van der Waals surface area contributed by atoms with Crippen molar-refractivity contribution < 1.29 is 9.90 Å². The highest BCUT2D eigenvalue weighted by atomic mass is 16.3. The Morgan fingerprint density at radius 1 is 1.10 bits per heavy atom. The van der Waals surface area contributed by atoms with Crippen LogP contribution in [0.2, 0.25) is 0 Å². The van der Waals surface area contributed by atoms with Crippen molar-refractivity contribution in [1.29, 1.82) is 0 Å². The summed E-state index contributed by atoms with van der Waals surface area (Å²) in [5.74, 6) is -0.127. The maximum absolute atomic E-state index is 11.2. The Morgan fingerprint density at radius 2 is 1.81 bits per heavy atom. The second kappa shape index (κ2) is 6.23. The van der Waals surface area contributed by atoms with Crippen LogP contribution in [0, 0.1) is 5.92 Å². The third-order valence-electron chi connectivity index (χ3n) is 5.78. The van der Waals surface area contributed by atoms with Gasteiger partial charge in [0.2, 0.25) is 5.91 Å². The Hall–Kier alpha value is -0.650. The second-order valence-corrected chi connectivity index (χ2v) is 7.21. The van der Waals surface area contributed by atoms with Gasteiger partial charge in [-0.3, -0.25) is 9.69 Å². The number of hydrogen-bond donors (Lipinski definition) is 2. The SMILES string of the molecule is NC(=O)C1CCN(C[C@]2(O)CCCN3CCCC[C@@H]32)CC1. The van der Waals surface area contributed by atoms with E-state index in [4.69, 9.17) is 5.73 Å². The predicted octanol–water partition coefficient (Wildman–Crippen LogP) is 0.563. The number of β-amino-alcohol motifs (C(OH)–C–C–N with tert-alkyl or cyclic N) is 1. The normalized spacial score (nSPS) is 36.3. The van der Waals surface area contributed by atoms with E-state index in [0.717, 1.165) is 64.8 Å². The van der Waals surface area contributed by atoms with E-state index in [1.165, 1.54) is 12.8 Å². The van der Waals surface area contributed by atoms with Crippen molar-refractivity contribution in [1.82, 2.24) is 9.80 Å². The van der Waals surface area contributed by atoms with Gasteiger partial charge in [-0.05, 0) is 64.7 Å². The van der Waals surface area contributed by atoms with Crippen LogP contribution in [0.4, 0.5) is 0 Å². The Balaban J connectivity index is 1.59. The number of hydrogen-bond acceptors (Lipinski definition) is 4. The summed E-state index contributed by atoms with van der Waals surface area (Å²) in [4.78, 5) is 16.1.